The number of aromatic amines is 1. The molecule has 64 heavy (non-hydrogen) atoms. The number of rotatable bonds is 9. The molecule has 3 aromatic carbocycles. The van der Waals surface area contributed by atoms with Crippen LogP contribution in [0.15, 0.2) is 79.7 Å². The molecule has 2 saturated heterocycles. The molecule has 5 aliphatic rings. The fourth-order valence-electron chi connectivity index (χ4n) is 10.7. The Labute approximate surface area is 369 Å². The number of hydrogen-bond donors (Lipinski definition) is 1. The summed E-state index contributed by atoms with van der Waals surface area (Å²) in [6.45, 7) is 10.0. The van der Waals surface area contributed by atoms with E-state index in [1.807, 2.05) is 34.6 Å². The first-order chi connectivity index (χ1) is 30.7. The number of sulfone groups is 1. The van der Waals surface area contributed by atoms with E-state index < -0.39 is 27.2 Å². The Balaban J connectivity index is 0.973. The normalized spacial score (nSPS) is 22.8. The van der Waals surface area contributed by atoms with E-state index in [0.717, 1.165) is 29.3 Å². The minimum atomic E-state index is -3.32. The van der Waals surface area contributed by atoms with E-state index in [-0.39, 0.29) is 47.3 Å². The van der Waals surface area contributed by atoms with E-state index in [4.69, 9.17) is 14.2 Å². The first-order valence-corrected chi connectivity index (χ1v) is 23.9. The highest BCUT2D eigenvalue weighted by Crippen LogP contribution is 2.56. The van der Waals surface area contributed by atoms with Crippen molar-refractivity contribution in [2.24, 2.45) is 5.92 Å². The van der Waals surface area contributed by atoms with Gasteiger partial charge in [0, 0.05) is 55.2 Å². The van der Waals surface area contributed by atoms with Gasteiger partial charge in [-0.25, -0.2) is 27.2 Å². The van der Waals surface area contributed by atoms with Crippen LogP contribution in [0.1, 0.15) is 114 Å². The van der Waals surface area contributed by atoms with Gasteiger partial charge in [0.05, 0.1) is 27.6 Å². The van der Waals surface area contributed by atoms with Crippen LogP contribution in [-0.4, -0.2) is 81.6 Å². The van der Waals surface area contributed by atoms with Crippen LogP contribution in [0.4, 0.5) is 10.3 Å². The zero-order chi connectivity index (χ0) is 44.4. The van der Waals surface area contributed by atoms with Gasteiger partial charge in [0.25, 0.3) is 11.5 Å². The summed E-state index contributed by atoms with van der Waals surface area (Å²) in [5, 5.41) is 4.77. The Kier molecular flexibility index (Phi) is 9.48. The van der Waals surface area contributed by atoms with Gasteiger partial charge in [0.2, 0.25) is 5.95 Å². The molecular formula is C48H50FN7O7S. The fraction of sp³-hybridized carbons (Fsp3) is 0.438. The number of aromatic nitrogens is 5. The maximum Gasteiger partial charge on any atom is 0.438 e. The molecule has 0 spiro atoms. The topological polar surface area (TPSA) is 166 Å². The molecule has 1 N–H and O–H groups in total. The molecule has 11 rings (SSSR count). The second kappa shape index (κ2) is 14.8. The fourth-order valence-corrected chi connectivity index (χ4v) is 12.3. The lowest BCUT2D eigenvalue weighted by molar-refractivity contribution is 0.0658. The summed E-state index contributed by atoms with van der Waals surface area (Å²) in [7, 11) is -3.32. The molecule has 3 atom stereocenters. The van der Waals surface area contributed by atoms with Gasteiger partial charge in [0.15, 0.2) is 15.7 Å². The molecular weight excluding hydrogens is 838 g/mol. The Morgan fingerprint density at radius 1 is 0.906 bits per heavy atom. The molecule has 332 valence electrons. The maximum atomic E-state index is 15.3. The second-order valence-electron chi connectivity index (χ2n) is 18.7. The zero-order valence-corrected chi connectivity index (χ0v) is 37.1. The first-order valence-electron chi connectivity index (χ1n) is 22.4. The van der Waals surface area contributed by atoms with E-state index in [1.54, 1.807) is 47.6 Å². The summed E-state index contributed by atoms with van der Waals surface area (Å²) in [6, 6.07) is 18.2. The molecule has 0 unspecified atom stereocenters. The SMILES string of the molecule is Cc1cc(-n2c(N3CC(c4ccc(S(=O)(=O)C5CC5)cc4)C3)nc3c(c2=O)CCN(C(=O)c2cc4cc(C5CCOCC5)ccc4n2[C@]2(c4noc(=O)[nH]4)C[C@@H]2C)[C@@H]3C)cc(C)c1F. The van der Waals surface area contributed by atoms with Crippen LogP contribution in [-0.2, 0) is 26.5 Å². The van der Waals surface area contributed by atoms with Gasteiger partial charge >= 0.3 is 5.76 Å². The Hall–Kier alpha value is -5.87. The number of aryl methyl sites for hydroxylation is 2. The number of H-pyrrole nitrogens is 1. The predicted octanol–water partition coefficient (Wildman–Crippen LogP) is 6.60. The van der Waals surface area contributed by atoms with E-state index in [2.05, 4.69) is 35.3 Å². The van der Waals surface area contributed by atoms with Crippen LogP contribution in [0.25, 0.3) is 16.6 Å². The average Bonchev–Trinajstić information content (AvgIpc) is 4.16. The number of carbonyl (C=O) groups excluding carboxylic acids is 1. The highest BCUT2D eigenvalue weighted by Gasteiger charge is 2.59. The Bertz CT molecular complexity index is 3100. The summed E-state index contributed by atoms with van der Waals surface area (Å²) in [6.07, 6.45) is 4.11. The van der Waals surface area contributed by atoms with Gasteiger partial charge in [-0.3, -0.25) is 19.1 Å². The third kappa shape index (κ3) is 6.41. The van der Waals surface area contributed by atoms with Crippen molar-refractivity contribution in [1.29, 1.82) is 0 Å². The van der Waals surface area contributed by atoms with Crippen molar-refractivity contribution < 1.29 is 26.9 Å². The molecule has 6 aromatic rings. The number of halogens is 1. The third-order valence-corrected chi connectivity index (χ3v) is 16.9. The lowest BCUT2D eigenvalue weighted by atomic mass is 9.91. The van der Waals surface area contributed by atoms with Gasteiger partial charge in [-0.1, -0.05) is 30.3 Å². The molecule has 2 aliphatic carbocycles. The van der Waals surface area contributed by atoms with Crippen molar-refractivity contribution in [1.82, 2.24) is 29.2 Å². The summed E-state index contributed by atoms with van der Waals surface area (Å²) in [5.41, 5.74) is 4.71. The lowest BCUT2D eigenvalue weighted by Gasteiger charge is -2.42. The number of amides is 1. The monoisotopic (exact) mass is 887 g/mol. The standard InChI is InChI=1S/C48H50FN7O7S/c1-26-19-35(20-27(2)41(26)49)55-43(57)38-13-16-54(29(4)42(38)50-46(55)53-24-34(25-53)30-5-8-36(9-6-30)64(60,61)37-10-11-37)44(58)40-22-33-21-32(31-14-17-62-18-15-31)7-12-39(33)56(40)48(23-28(48)3)45-51-47(59)63-52-45/h5-9,12,19-22,28-29,31,34,37H,10-11,13-18,23-25H2,1-4H3,(H,51,52,59)/t28-,29+,48+/m0/s1. The molecule has 0 radical (unpaired) electrons. The third-order valence-electron chi connectivity index (χ3n) is 14.7. The van der Waals surface area contributed by atoms with E-state index >= 15 is 9.18 Å². The van der Waals surface area contributed by atoms with Crippen molar-refractivity contribution in [3.63, 3.8) is 0 Å². The van der Waals surface area contributed by atoms with E-state index in [0.29, 0.717) is 102 Å². The minimum Gasteiger partial charge on any atom is -0.381 e. The molecule has 0 bridgehead atoms. The van der Waals surface area contributed by atoms with Crippen LogP contribution in [0.2, 0.25) is 0 Å². The molecule has 4 fully saturated rings. The minimum absolute atomic E-state index is 0.0283. The van der Waals surface area contributed by atoms with Crippen molar-refractivity contribution in [2.75, 3.05) is 37.7 Å². The summed E-state index contributed by atoms with van der Waals surface area (Å²) in [4.78, 5) is 54.7. The second-order valence-corrected chi connectivity index (χ2v) is 20.9. The summed E-state index contributed by atoms with van der Waals surface area (Å²) < 4.78 is 55.1. The molecule has 6 heterocycles. The van der Waals surface area contributed by atoms with Gasteiger partial charge < -0.3 is 19.1 Å². The first kappa shape index (κ1) is 40.9. The van der Waals surface area contributed by atoms with Crippen LogP contribution >= 0.6 is 0 Å². The predicted molar refractivity (Wildman–Crippen MR) is 237 cm³/mol. The van der Waals surface area contributed by atoms with E-state index in [1.165, 1.54) is 5.56 Å². The summed E-state index contributed by atoms with van der Waals surface area (Å²) >= 11 is 0. The number of fused-ring (bicyclic) bond motifs is 2. The van der Waals surface area contributed by atoms with Crippen LogP contribution in [0, 0.1) is 25.6 Å². The number of ether oxygens (including phenoxy) is 1. The van der Waals surface area contributed by atoms with Crippen molar-refractivity contribution >= 4 is 32.6 Å². The van der Waals surface area contributed by atoms with E-state index in [9.17, 15) is 18.0 Å². The number of nitrogens with zero attached hydrogens (tertiary/aromatic N) is 6. The van der Waals surface area contributed by atoms with Crippen molar-refractivity contribution in [3.8, 4) is 5.69 Å². The van der Waals surface area contributed by atoms with Crippen LogP contribution in [0.3, 0.4) is 0 Å². The molecule has 1 amide bonds. The number of benzene rings is 3. The van der Waals surface area contributed by atoms with Gasteiger partial charge in [-0.05, 0) is 136 Å². The Morgan fingerprint density at radius 3 is 2.23 bits per heavy atom. The van der Waals surface area contributed by atoms with Crippen molar-refractivity contribution in [3.05, 3.63) is 132 Å². The van der Waals surface area contributed by atoms with Crippen LogP contribution in [0.5, 0.6) is 0 Å². The number of hydrogen-bond acceptors (Lipinski definition) is 10. The largest absolute Gasteiger partial charge is 0.438 e. The molecule has 16 heteroatoms. The highest BCUT2D eigenvalue weighted by atomic mass is 32.2. The van der Waals surface area contributed by atoms with Crippen molar-refractivity contribution in [2.45, 2.75) is 99.8 Å². The van der Waals surface area contributed by atoms with Gasteiger partial charge in [0.1, 0.15) is 17.1 Å². The number of carbonyl (C=O) groups is 1. The zero-order valence-electron chi connectivity index (χ0n) is 36.3. The molecule has 3 aliphatic heterocycles. The number of nitrogens with one attached hydrogen (secondary N) is 1. The van der Waals surface area contributed by atoms with Gasteiger partial charge in [-0.2, -0.15) is 0 Å². The summed E-state index contributed by atoms with van der Waals surface area (Å²) in [5.74, 6) is -0.0487. The average molecular weight is 888 g/mol. The maximum absolute atomic E-state index is 15.3. The quantitative estimate of drug-likeness (QED) is 0.167. The molecule has 2 saturated carbocycles. The molecule has 3 aromatic heterocycles. The van der Waals surface area contributed by atoms with Crippen LogP contribution < -0.4 is 16.2 Å². The van der Waals surface area contributed by atoms with Gasteiger partial charge in [-0.15, -0.1) is 0 Å². The highest BCUT2D eigenvalue weighted by molar-refractivity contribution is 7.92. The molecule has 14 nitrogen and oxygen atoms in total. The number of anilines is 1. The lowest BCUT2D eigenvalue weighted by Crippen LogP contribution is -2.50. The smallest absolute Gasteiger partial charge is 0.381 e. The Morgan fingerprint density at radius 2 is 1.59 bits per heavy atom.